The van der Waals surface area contributed by atoms with Crippen molar-refractivity contribution >= 4 is 21.7 Å². The minimum Gasteiger partial charge on any atom is -0.360 e. The van der Waals surface area contributed by atoms with E-state index >= 15 is 0 Å². The predicted octanol–water partition coefficient (Wildman–Crippen LogP) is 1.02. The van der Waals surface area contributed by atoms with E-state index in [1.54, 1.807) is 25.1 Å². The molecule has 8 nitrogen and oxygen atoms in total. The van der Waals surface area contributed by atoms with E-state index in [9.17, 15) is 13.2 Å². The van der Waals surface area contributed by atoms with Crippen molar-refractivity contribution in [1.82, 2.24) is 9.46 Å². The molecule has 2 aromatic rings. The van der Waals surface area contributed by atoms with Gasteiger partial charge < -0.3 is 14.7 Å². The number of hydrogen-bond acceptors (Lipinski definition) is 5. The maximum atomic E-state index is 12.9. The molecule has 1 saturated heterocycles. The predicted molar refractivity (Wildman–Crippen MR) is 109 cm³/mol. The first-order valence-electron chi connectivity index (χ1n) is 9.96. The van der Waals surface area contributed by atoms with Gasteiger partial charge in [0.05, 0.1) is 31.1 Å². The Labute approximate surface area is 171 Å². The van der Waals surface area contributed by atoms with Gasteiger partial charge in [0, 0.05) is 6.07 Å². The summed E-state index contributed by atoms with van der Waals surface area (Å²) in [5.74, 6) is 1.27. The largest absolute Gasteiger partial charge is 0.360 e. The Balaban J connectivity index is 1.54. The van der Waals surface area contributed by atoms with E-state index in [1.807, 2.05) is 12.1 Å². The van der Waals surface area contributed by atoms with Crippen LogP contribution in [0.2, 0.25) is 0 Å². The molecule has 2 N–H and O–H groups in total. The van der Waals surface area contributed by atoms with E-state index in [4.69, 9.17) is 4.52 Å². The summed E-state index contributed by atoms with van der Waals surface area (Å²) in [5, 5.41) is 6.45. The molecule has 0 aliphatic carbocycles. The molecule has 1 amide bonds. The number of aromatic nitrogens is 1. The van der Waals surface area contributed by atoms with Gasteiger partial charge in [-0.15, -0.1) is 0 Å². The molecule has 1 aromatic carbocycles. The lowest BCUT2D eigenvalue weighted by Crippen LogP contribution is -3.15. The Bertz CT molecular complexity index is 932. The average molecular weight is 422 g/mol. The highest BCUT2D eigenvalue weighted by Crippen LogP contribution is 2.22. The molecule has 0 unspecified atom stereocenters. The first kappa shape index (κ1) is 21.5. The van der Waals surface area contributed by atoms with Gasteiger partial charge in [-0.25, -0.2) is 8.42 Å². The number of piperazine rings is 1. The molecule has 1 atom stereocenters. The van der Waals surface area contributed by atoms with Crippen LogP contribution in [-0.4, -0.2) is 56.5 Å². The smallest absolute Gasteiger partial charge is 0.280 e. The third kappa shape index (κ3) is 5.23. The number of hydrogen-bond donors (Lipinski definition) is 2. The maximum Gasteiger partial charge on any atom is 0.280 e. The molecule has 1 fully saturated rings. The van der Waals surface area contributed by atoms with Crippen molar-refractivity contribution in [2.45, 2.75) is 38.0 Å². The van der Waals surface area contributed by atoms with E-state index in [0.717, 1.165) is 16.9 Å². The second kappa shape index (κ2) is 9.06. The van der Waals surface area contributed by atoms with Gasteiger partial charge in [0.15, 0.2) is 12.4 Å². The summed E-state index contributed by atoms with van der Waals surface area (Å²) in [4.78, 5) is 13.5. The van der Waals surface area contributed by atoms with Gasteiger partial charge in [-0.05, 0) is 37.0 Å². The molecule has 1 aliphatic rings. The van der Waals surface area contributed by atoms with Crippen LogP contribution in [0.15, 0.2) is 39.8 Å². The van der Waals surface area contributed by atoms with Gasteiger partial charge in [0.1, 0.15) is 5.76 Å². The topological polar surface area (TPSA) is 97.0 Å². The van der Waals surface area contributed by atoms with Crippen molar-refractivity contribution in [3.05, 3.63) is 41.7 Å². The fraction of sp³-hybridized carbons (Fsp3) is 0.500. The van der Waals surface area contributed by atoms with E-state index in [2.05, 4.69) is 24.3 Å². The van der Waals surface area contributed by atoms with Crippen LogP contribution in [0, 0.1) is 6.92 Å². The van der Waals surface area contributed by atoms with Gasteiger partial charge in [0.25, 0.3) is 5.91 Å². The summed E-state index contributed by atoms with van der Waals surface area (Å²) in [7, 11) is -3.51. The Morgan fingerprint density at radius 2 is 1.93 bits per heavy atom. The van der Waals surface area contributed by atoms with Crippen LogP contribution in [0.3, 0.4) is 0 Å². The highest BCUT2D eigenvalue weighted by Gasteiger charge is 2.31. The zero-order chi connectivity index (χ0) is 21.0. The van der Waals surface area contributed by atoms with E-state index in [1.165, 1.54) is 4.31 Å². The Morgan fingerprint density at radius 3 is 2.48 bits per heavy atom. The number of nitrogens with one attached hydrogen (secondary N) is 2. The zero-order valence-electron chi connectivity index (χ0n) is 17.1. The molecule has 0 saturated carbocycles. The Hall–Kier alpha value is -2.23. The van der Waals surface area contributed by atoms with Crippen molar-refractivity contribution in [2.75, 3.05) is 38.0 Å². The SMILES string of the molecule is CC[C@@H](C)c1ccc(S(=O)(=O)N2CC[NH+](CC(=O)Nc3cc(C)on3)CC2)cc1. The number of amides is 1. The lowest BCUT2D eigenvalue weighted by Gasteiger charge is -2.31. The molecule has 0 bridgehead atoms. The second-order valence-electron chi connectivity index (χ2n) is 7.58. The number of carbonyl (C=O) groups excluding carboxylic acids is 1. The normalized spacial score (nSPS) is 17.2. The van der Waals surface area contributed by atoms with Crippen LogP contribution < -0.4 is 10.2 Å². The molecular weight excluding hydrogens is 392 g/mol. The lowest BCUT2D eigenvalue weighted by molar-refractivity contribution is -0.895. The lowest BCUT2D eigenvalue weighted by atomic mass is 9.99. The van der Waals surface area contributed by atoms with Crippen molar-refractivity contribution < 1.29 is 22.6 Å². The van der Waals surface area contributed by atoms with Gasteiger partial charge in [-0.2, -0.15) is 4.31 Å². The molecule has 9 heteroatoms. The monoisotopic (exact) mass is 421 g/mol. The zero-order valence-corrected chi connectivity index (χ0v) is 18.0. The van der Waals surface area contributed by atoms with Gasteiger partial charge in [0.2, 0.25) is 10.0 Å². The van der Waals surface area contributed by atoms with Crippen molar-refractivity contribution in [2.24, 2.45) is 0 Å². The van der Waals surface area contributed by atoms with Crippen LogP contribution >= 0.6 is 0 Å². The summed E-state index contributed by atoms with van der Waals surface area (Å²) in [5.41, 5.74) is 1.15. The molecule has 1 aromatic heterocycles. The maximum absolute atomic E-state index is 12.9. The highest BCUT2D eigenvalue weighted by molar-refractivity contribution is 7.89. The highest BCUT2D eigenvalue weighted by atomic mass is 32.2. The van der Waals surface area contributed by atoms with Crippen LogP contribution in [0.25, 0.3) is 0 Å². The van der Waals surface area contributed by atoms with Crippen molar-refractivity contribution in [1.29, 1.82) is 0 Å². The quantitative estimate of drug-likeness (QED) is 0.696. The molecule has 2 heterocycles. The third-order valence-electron chi connectivity index (χ3n) is 5.43. The third-order valence-corrected chi connectivity index (χ3v) is 7.35. The van der Waals surface area contributed by atoms with Crippen LogP contribution in [0.4, 0.5) is 5.82 Å². The van der Waals surface area contributed by atoms with Crippen LogP contribution in [0.5, 0.6) is 0 Å². The van der Waals surface area contributed by atoms with Gasteiger partial charge in [-0.1, -0.05) is 31.1 Å². The fourth-order valence-electron chi connectivity index (χ4n) is 3.41. The van der Waals surface area contributed by atoms with E-state index in [-0.39, 0.29) is 12.5 Å². The van der Waals surface area contributed by atoms with Crippen molar-refractivity contribution in [3.63, 3.8) is 0 Å². The van der Waals surface area contributed by atoms with Crippen LogP contribution in [-0.2, 0) is 14.8 Å². The van der Waals surface area contributed by atoms with E-state index in [0.29, 0.717) is 48.6 Å². The number of quaternary nitrogens is 1. The van der Waals surface area contributed by atoms with Crippen molar-refractivity contribution in [3.8, 4) is 0 Å². The number of nitrogens with zero attached hydrogens (tertiary/aromatic N) is 2. The number of aryl methyl sites for hydroxylation is 1. The first-order valence-corrected chi connectivity index (χ1v) is 11.4. The molecule has 158 valence electrons. The summed E-state index contributed by atoms with van der Waals surface area (Å²) in [6, 6.07) is 8.86. The minimum atomic E-state index is -3.51. The number of rotatable bonds is 7. The molecule has 0 radical (unpaired) electrons. The van der Waals surface area contributed by atoms with Gasteiger partial charge in [-0.3, -0.25) is 4.79 Å². The summed E-state index contributed by atoms with van der Waals surface area (Å²) >= 11 is 0. The minimum absolute atomic E-state index is 0.162. The summed E-state index contributed by atoms with van der Waals surface area (Å²) in [6.45, 7) is 8.21. The number of anilines is 1. The number of benzene rings is 1. The first-order chi connectivity index (χ1) is 13.8. The van der Waals surface area contributed by atoms with Crippen LogP contribution in [0.1, 0.15) is 37.5 Å². The summed E-state index contributed by atoms with van der Waals surface area (Å²) in [6.07, 6.45) is 1.01. The fourth-order valence-corrected chi connectivity index (χ4v) is 4.85. The molecule has 0 spiro atoms. The van der Waals surface area contributed by atoms with Gasteiger partial charge >= 0.3 is 0 Å². The molecule has 29 heavy (non-hydrogen) atoms. The van der Waals surface area contributed by atoms with E-state index < -0.39 is 10.0 Å². The Kier molecular flexibility index (Phi) is 6.71. The number of carbonyl (C=O) groups is 1. The second-order valence-corrected chi connectivity index (χ2v) is 9.52. The molecule has 3 rings (SSSR count). The molecular formula is C20H29N4O4S+. The molecule has 1 aliphatic heterocycles. The Morgan fingerprint density at radius 1 is 1.28 bits per heavy atom. The standard InChI is InChI=1S/C20H28N4O4S/c1-4-15(2)17-5-7-18(8-6-17)29(26,27)24-11-9-23(10-12-24)14-20(25)21-19-13-16(3)28-22-19/h5-8,13,15H,4,9-12,14H2,1-3H3,(H,21,22,25)/p+1/t15-/m1/s1. The summed E-state index contributed by atoms with van der Waals surface area (Å²) < 4.78 is 32.3. The average Bonchev–Trinajstić information content (AvgIpc) is 3.12. The number of sulfonamides is 1.